The molecule has 0 spiro atoms. The van der Waals surface area contributed by atoms with Gasteiger partial charge in [0, 0.05) is 26.2 Å². The van der Waals surface area contributed by atoms with Gasteiger partial charge in [0.2, 0.25) is 0 Å². The van der Waals surface area contributed by atoms with Crippen molar-refractivity contribution >= 4 is 29.9 Å². The van der Waals surface area contributed by atoms with Gasteiger partial charge in [0.1, 0.15) is 0 Å². The van der Waals surface area contributed by atoms with Crippen LogP contribution in [-0.2, 0) is 0 Å². The van der Waals surface area contributed by atoms with E-state index in [0.29, 0.717) is 6.54 Å². The van der Waals surface area contributed by atoms with Crippen LogP contribution in [0.5, 0.6) is 0 Å². The predicted octanol–water partition coefficient (Wildman–Crippen LogP) is 1.91. The topological polar surface area (TPSA) is 59.9 Å². The van der Waals surface area contributed by atoms with Crippen molar-refractivity contribution in [3.05, 3.63) is 0 Å². The van der Waals surface area contributed by atoms with Crippen molar-refractivity contribution in [1.29, 1.82) is 0 Å². The van der Waals surface area contributed by atoms with Gasteiger partial charge in [0.05, 0.1) is 0 Å². The normalized spacial score (nSPS) is 18.6. The summed E-state index contributed by atoms with van der Waals surface area (Å²) >= 11 is 0. The molecule has 0 aromatic carbocycles. The van der Waals surface area contributed by atoms with Gasteiger partial charge < -0.3 is 20.6 Å². The Labute approximate surface area is 153 Å². The van der Waals surface area contributed by atoms with Gasteiger partial charge in [-0.3, -0.25) is 4.99 Å². The molecule has 0 aromatic rings. The van der Waals surface area contributed by atoms with Crippen LogP contribution in [0, 0.1) is 11.8 Å². The highest BCUT2D eigenvalue weighted by atomic mass is 127. The van der Waals surface area contributed by atoms with Gasteiger partial charge >= 0.3 is 0 Å². The molecule has 0 aromatic heterocycles. The number of nitrogens with zero attached hydrogens (tertiary/aromatic N) is 2. The minimum absolute atomic E-state index is 0. The van der Waals surface area contributed by atoms with Crippen molar-refractivity contribution in [2.24, 2.45) is 16.8 Å². The fourth-order valence-electron chi connectivity index (χ4n) is 2.44. The molecule has 1 saturated heterocycles. The second-order valence-electron chi connectivity index (χ2n) is 6.31. The fraction of sp³-hybridized carbons (Fsp3) is 0.938. The number of guanidine groups is 1. The summed E-state index contributed by atoms with van der Waals surface area (Å²) in [6.07, 6.45) is 3.83. The maximum absolute atomic E-state index is 9.04. The highest BCUT2D eigenvalue weighted by molar-refractivity contribution is 14.0. The summed E-state index contributed by atoms with van der Waals surface area (Å²) in [5.41, 5.74) is 0. The summed E-state index contributed by atoms with van der Waals surface area (Å²) in [5.74, 6) is 1.99. The lowest BCUT2D eigenvalue weighted by Gasteiger charge is -2.30. The zero-order chi connectivity index (χ0) is 15.5. The maximum atomic E-state index is 9.04. The van der Waals surface area contributed by atoms with Gasteiger partial charge in [0.15, 0.2) is 5.96 Å². The Bertz CT molecular complexity index is 294. The SMILES string of the molecule is CCNC(=NCC(C)CO)NCCCN1CCC(C)CC1.I. The van der Waals surface area contributed by atoms with Crippen molar-refractivity contribution in [3.63, 3.8) is 0 Å². The Morgan fingerprint density at radius 1 is 1.32 bits per heavy atom. The smallest absolute Gasteiger partial charge is 0.191 e. The molecule has 0 radical (unpaired) electrons. The first-order valence-electron chi connectivity index (χ1n) is 8.51. The van der Waals surface area contributed by atoms with E-state index in [0.717, 1.165) is 31.4 Å². The van der Waals surface area contributed by atoms with E-state index >= 15 is 0 Å². The number of aliphatic hydroxyl groups excluding tert-OH is 1. The molecular weight excluding hydrogens is 391 g/mol. The average Bonchev–Trinajstić information content (AvgIpc) is 2.50. The molecule has 1 fully saturated rings. The van der Waals surface area contributed by atoms with Gasteiger partial charge in [-0.05, 0) is 57.7 Å². The Hall–Kier alpha value is -0.0800. The highest BCUT2D eigenvalue weighted by Gasteiger charge is 2.14. The Kier molecular flexibility index (Phi) is 13.3. The quantitative estimate of drug-likeness (QED) is 0.240. The van der Waals surface area contributed by atoms with Crippen LogP contribution >= 0.6 is 24.0 Å². The number of hydrogen-bond donors (Lipinski definition) is 3. The molecular formula is C16H35IN4O. The van der Waals surface area contributed by atoms with Crippen LogP contribution in [-0.4, -0.2) is 61.8 Å². The van der Waals surface area contributed by atoms with Crippen LogP contribution in [0.2, 0.25) is 0 Å². The molecule has 132 valence electrons. The Balaban J connectivity index is 0.00000441. The molecule has 0 saturated carbocycles. The van der Waals surface area contributed by atoms with Crippen molar-refractivity contribution in [3.8, 4) is 0 Å². The van der Waals surface area contributed by atoms with Crippen LogP contribution in [0.25, 0.3) is 0 Å². The van der Waals surface area contributed by atoms with E-state index < -0.39 is 0 Å². The van der Waals surface area contributed by atoms with Gasteiger partial charge in [-0.15, -0.1) is 24.0 Å². The predicted molar refractivity (Wildman–Crippen MR) is 105 cm³/mol. The lowest BCUT2D eigenvalue weighted by atomic mass is 9.99. The number of rotatable bonds is 8. The second-order valence-corrected chi connectivity index (χ2v) is 6.31. The summed E-state index contributed by atoms with van der Waals surface area (Å²) in [6.45, 7) is 12.8. The lowest BCUT2D eigenvalue weighted by molar-refractivity contribution is 0.191. The molecule has 1 unspecified atom stereocenters. The minimum atomic E-state index is 0. The summed E-state index contributed by atoms with van der Waals surface area (Å²) in [4.78, 5) is 7.07. The van der Waals surface area contributed by atoms with E-state index in [-0.39, 0.29) is 36.5 Å². The molecule has 1 heterocycles. The van der Waals surface area contributed by atoms with E-state index in [4.69, 9.17) is 5.11 Å². The molecule has 1 aliphatic heterocycles. The van der Waals surface area contributed by atoms with E-state index in [1.165, 1.54) is 32.5 Å². The molecule has 5 nitrogen and oxygen atoms in total. The molecule has 0 aliphatic carbocycles. The monoisotopic (exact) mass is 426 g/mol. The van der Waals surface area contributed by atoms with Crippen LogP contribution in [0.15, 0.2) is 4.99 Å². The van der Waals surface area contributed by atoms with Crippen molar-refractivity contribution in [2.45, 2.75) is 40.0 Å². The first kappa shape index (κ1) is 21.9. The average molecular weight is 426 g/mol. The van der Waals surface area contributed by atoms with Crippen LogP contribution in [0.3, 0.4) is 0 Å². The largest absolute Gasteiger partial charge is 0.396 e. The van der Waals surface area contributed by atoms with Crippen LogP contribution < -0.4 is 10.6 Å². The second kappa shape index (κ2) is 13.4. The number of nitrogens with one attached hydrogen (secondary N) is 2. The van der Waals surface area contributed by atoms with E-state index in [1.807, 2.05) is 6.92 Å². The number of likely N-dealkylation sites (tertiary alicyclic amines) is 1. The van der Waals surface area contributed by atoms with Gasteiger partial charge in [-0.1, -0.05) is 13.8 Å². The van der Waals surface area contributed by atoms with Crippen LogP contribution in [0.4, 0.5) is 0 Å². The number of halogens is 1. The summed E-state index contributed by atoms with van der Waals surface area (Å²) < 4.78 is 0. The van der Waals surface area contributed by atoms with E-state index in [9.17, 15) is 0 Å². The zero-order valence-corrected chi connectivity index (χ0v) is 16.8. The number of piperidine rings is 1. The van der Waals surface area contributed by atoms with Gasteiger partial charge in [-0.25, -0.2) is 0 Å². The Morgan fingerprint density at radius 2 is 2.00 bits per heavy atom. The van der Waals surface area contributed by atoms with Crippen molar-refractivity contribution in [2.75, 3.05) is 45.9 Å². The van der Waals surface area contributed by atoms with Crippen molar-refractivity contribution < 1.29 is 5.11 Å². The van der Waals surface area contributed by atoms with Gasteiger partial charge in [-0.2, -0.15) is 0 Å². The van der Waals surface area contributed by atoms with Crippen molar-refractivity contribution in [1.82, 2.24) is 15.5 Å². The number of aliphatic hydroxyl groups is 1. The third kappa shape index (κ3) is 9.84. The first-order chi connectivity index (χ1) is 10.2. The zero-order valence-electron chi connectivity index (χ0n) is 14.5. The summed E-state index contributed by atoms with van der Waals surface area (Å²) in [7, 11) is 0. The minimum Gasteiger partial charge on any atom is -0.396 e. The third-order valence-electron chi connectivity index (χ3n) is 4.04. The number of hydrogen-bond acceptors (Lipinski definition) is 3. The standard InChI is InChI=1S/C16H34N4O.HI/c1-4-17-16(19-12-15(3)13-21)18-8-5-9-20-10-6-14(2)7-11-20;/h14-15,21H,4-13H2,1-3H3,(H2,17,18,19);1H. The number of aliphatic imine (C=N–C) groups is 1. The van der Waals surface area contributed by atoms with E-state index in [2.05, 4.69) is 34.4 Å². The molecule has 22 heavy (non-hydrogen) atoms. The van der Waals surface area contributed by atoms with Crippen LogP contribution in [0.1, 0.15) is 40.0 Å². The molecule has 1 atom stereocenters. The fourth-order valence-corrected chi connectivity index (χ4v) is 2.44. The summed E-state index contributed by atoms with van der Waals surface area (Å²) in [5, 5.41) is 15.7. The molecule has 3 N–H and O–H groups in total. The van der Waals surface area contributed by atoms with E-state index in [1.54, 1.807) is 0 Å². The lowest BCUT2D eigenvalue weighted by Crippen LogP contribution is -2.40. The molecule has 0 amide bonds. The maximum Gasteiger partial charge on any atom is 0.191 e. The third-order valence-corrected chi connectivity index (χ3v) is 4.04. The first-order valence-corrected chi connectivity index (χ1v) is 8.51. The molecule has 1 rings (SSSR count). The molecule has 0 bridgehead atoms. The Morgan fingerprint density at radius 3 is 2.59 bits per heavy atom. The highest BCUT2D eigenvalue weighted by Crippen LogP contribution is 2.15. The van der Waals surface area contributed by atoms with Gasteiger partial charge in [0.25, 0.3) is 0 Å². The molecule has 6 heteroatoms. The molecule has 1 aliphatic rings. The summed E-state index contributed by atoms with van der Waals surface area (Å²) in [6, 6.07) is 0.